The van der Waals surface area contributed by atoms with E-state index in [2.05, 4.69) is 9.97 Å². The van der Waals surface area contributed by atoms with Crippen molar-refractivity contribution in [2.45, 2.75) is 6.18 Å². The quantitative estimate of drug-likeness (QED) is 0.858. The Morgan fingerprint density at radius 2 is 1.88 bits per heavy atom. The molecule has 0 unspecified atom stereocenters. The Labute approximate surface area is 141 Å². The Balaban J connectivity index is 1.96. The fourth-order valence-corrected chi connectivity index (χ4v) is 2.57. The second-order valence-corrected chi connectivity index (χ2v) is 5.45. The number of morpholine rings is 1. The molecular formula is C16H16F3N3O3. The zero-order valence-corrected chi connectivity index (χ0v) is 13.4. The molecule has 0 amide bonds. The number of esters is 1. The van der Waals surface area contributed by atoms with Crippen molar-refractivity contribution in [3.8, 4) is 11.4 Å². The van der Waals surface area contributed by atoms with Gasteiger partial charge in [0, 0.05) is 18.7 Å². The predicted octanol–water partition coefficient (Wildman–Crippen LogP) is 2.72. The molecule has 2 heterocycles. The number of carbonyl (C=O) groups excluding carboxylic acids is 1. The monoisotopic (exact) mass is 355 g/mol. The predicted molar refractivity (Wildman–Crippen MR) is 83.4 cm³/mol. The van der Waals surface area contributed by atoms with Gasteiger partial charge in [-0.1, -0.05) is 12.1 Å². The fraction of sp³-hybridized carbons (Fsp3) is 0.375. The van der Waals surface area contributed by atoms with Crippen LogP contribution in [0.1, 0.15) is 16.1 Å². The normalized spacial score (nSPS) is 15.3. The van der Waals surface area contributed by atoms with Gasteiger partial charge in [0.05, 0.1) is 25.9 Å². The molecule has 0 bridgehead atoms. The molecule has 1 saturated heterocycles. The molecule has 3 rings (SSSR count). The molecule has 0 aliphatic carbocycles. The highest BCUT2D eigenvalue weighted by Gasteiger charge is 2.30. The first-order valence-electron chi connectivity index (χ1n) is 7.59. The van der Waals surface area contributed by atoms with Crippen molar-refractivity contribution in [1.82, 2.24) is 9.97 Å². The number of benzene rings is 1. The molecule has 1 fully saturated rings. The van der Waals surface area contributed by atoms with Crippen LogP contribution < -0.4 is 4.90 Å². The van der Waals surface area contributed by atoms with Crippen LogP contribution in [0.3, 0.4) is 0 Å². The first kappa shape index (κ1) is 17.3. The molecule has 2 aromatic rings. The Morgan fingerprint density at radius 3 is 2.44 bits per heavy atom. The van der Waals surface area contributed by atoms with Crippen LogP contribution in [0.15, 0.2) is 24.3 Å². The average molecular weight is 355 g/mol. The van der Waals surface area contributed by atoms with Crippen molar-refractivity contribution in [2.75, 3.05) is 38.3 Å². The van der Waals surface area contributed by atoms with E-state index in [0.29, 0.717) is 43.5 Å². The third-order valence-electron chi connectivity index (χ3n) is 3.87. The maximum atomic E-state index is 12.7. The lowest BCUT2D eigenvalue weighted by atomic mass is 10.1. The van der Waals surface area contributed by atoms with Crippen LogP contribution in [0, 0.1) is 0 Å². The number of hydrogen-bond acceptors (Lipinski definition) is 5. The third kappa shape index (κ3) is 3.60. The summed E-state index contributed by atoms with van der Waals surface area (Å²) in [5.41, 5.74) is -0.138. The van der Waals surface area contributed by atoms with E-state index in [9.17, 15) is 18.0 Å². The van der Waals surface area contributed by atoms with Crippen LogP contribution in [0.2, 0.25) is 0 Å². The highest BCUT2D eigenvalue weighted by Crippen LogP contribution is 2.31. The minimum absolute atomic E-state index is 0.166. The highest BCUT2D eigenvalue weighted by atomic mass is 19.4. The molecular weight excluding hydrogens is 339 g/mol. The topological polar surface area (TPSA) is 67.5 Å². The van der Waals surface area contributed by atoms with E-state index >= 15 is 0 Å². The summed E-state index contributed by atoms with van der Waals surface area (Å²) in [6, 6.07) is 4.58. The lowest BCUT2D eigenvalue weighted by Crippen LogP contribution is -2.37. The summed E-state index contributed by atoms with van der Waals surface area (Å²) < 4.78 is 48.1. The number of alkyl halides is 3. The van der Waals surface area contributed by atoms with Gasteiger partial charge in [0.25, 0.3) is 0 Å². The summed E-state index contributed by atoms with van der Waals surface area (Å²) in [5, 5.41) is 0. The lowest BCUT2D eigenvalue weighted by molar-refractivity contribution is -0.137. The second-order valence-electron chi connectivity index (χ2n) is 5.45. The maximum absolute atomic E-state index is 12.7. The van der Waals surface area contributed by atoms with E-state index in [1.54, 1.807) is 0 Å². The molecule has 25 heavy (non-hydrogen) atoms. The minimum Gasteiger partial charge on any atom is -0.464 e. The van der Waals surface area contributed by atoms with Crippen molar-refractivity contribution in [3.63, 3.8) is 0 Å². The summed E-state index contributed by atoms with van der Waals surface area (Å²) >= 11 is 0. The van der Waals surface area contributed by atoms with Crippen LogP contribution >= 0.6 is 0 Å². The second kappa shape index (κ2) is 6.75. The number of H-pyrrole nitrogens is 1. The van der Waals surface area contributed by atoms with Gasteiger partial charge in [-0.05, 0) is 12.1 Å². The lowest BCUT2D eigenvalue weighted by Gasteiger charge is -2.27. The molecule has 1 aromatic heterocycles. The van der Waals surface area contributed by atoms with Crippen molar-refractivity contribution in [2.24, 2.45) is 0 Å². The molecule has 1 N–H and O–H groups in total. The summed E-state index contributed by atoms with van der Waals surface area (Å²) in [6.07, 6.45) is -4.40. The van der Waals surface area contributed by atoms with Gasteiger partial charge in [-0.15, -0.1) is 0 Å². The van der Waals surface area contributed by atoms with Crippen LogP contribution in [-0.2, 0) is 15.7 Å². The molecule has 6 nitrogen and oxygen atoms in total. The number of halogens is 3. The van der Waals surface area contributed by atoms with Crippen molar-refractivity contribution in [1.29, 1.82) is 0 Å². The summed E-state index contributed by atoms with van der Waals surface area (Å²) in [7, 11) is 1.25. The number of imidazole rings is 1. The van der Waals surface area contributed by atoms with E-state index in [0.717, 1.165) is 12.1 Å². The molecule has 0 radical (unpaired) electrons. The van der Waals surface area contributed by atoms with Gasteiger partial charge in [-0.3, -0.25) is 0 Å². The number of nitrogens with zero attached hydrogens (tertiary/aromatic N) is 2. The SMILES string of the molecule is COC(=O)c1[nH]c(-c2ccc(C(F)(F)F)cc2)nc1N1CCOCC1. The number of anilines is 1. The third-order valence-corrected chi connectivity index (χ3v) is 3.87. The van der Waals surface area contributed by atoms with Gasteiger partial charge in [-0.25, -0.2) is 9.78 Å². The fourth-order valence-electron chi connectivity index (χ4n) is 2.57. The first-order chi connectivity index (χ1) is 11.9. The number of aromatic nitrogens is 2. The maximum Gasteiger partial charge on any atom is 0.416 e. The molecule has 0 atom stereocenters. The molecule has 1 aromatic carbocycles. The Morgan fingerprint density at radius 1 is 1.24 bits per heavy atom. The van der Waals surface area contributed by atoms with Gasteiger partial charge in [0.2, 0.25) is 0 Å². The largest absolute Gasteiger partial charge is 0.464 e. The molecule has 1 aliphatic heterocycles. The number of ether oxygens (including phenoxy) is 2. The van der Waals surface area contributed by atoms with E-state index in [1.165, 1.54) is 19.2 Å². The summed E-state index contributed by atoms with van der Waals surface area (Å²) in [4.78, 5) is 21.1. The van der Waals surface area contributed by atoms with E-state index in [4.69, 9.17) is 9.47 Å². The summed E-state index contributed by atoms with van der Waals surface area (Å²) in [6.45, 7) is 2.12. The smallest absolute Gasteiger partial charge is 0.416 e. The van der Waals surface area contributed by atoms with Gasteiger partial charge in [0.1, 0.15) is 5.82 Å². The van der Waals surface area contributed by atoms with Gasteiger partial charge < -0.3 is 19.4 Å². The van der Waals surface area contributed by atoms with Crippen molar-refractivity contribution >= 4 is 11.8 Å². The van der Waals surface area contributed by atoms with E-state index in [-0.39, 0.29) is 5.69 Å². The molecule has 9 heteroatoms. The summed E-state index contributed by atoms with van der Waals surface area (Å²) in [5.74, 6) is 0.118. The molecule has 0 spiro atoms. The van der Waals surface area contributed by atoms with Crippen LogP contribution in [0.5, 0.6) is 0 Å². The number of aromatic amines is 1. The standard InChI is InChI=1S/C16H16F3N3O3/c1-24-15(23)12-14(22-6-8-25-9-7-22)21-13(20-12)10-2-4-11(5-3-10)16(17,18)19/h2-5H,6-9H2,1H3,(H,20,21). The number of methoxy groups -OCH3 is 1. The first-order valence-corrected chi connectivity index (χ1v) is 7.59. The average Bonchev–Trinajstić information content (AvgIpc) is 3.06. The Bertz CT molecular complexity index is 750. The number of carbonyl (C=O) groups is 1. The van der Waals surface area contributed by atoms with Gasteiger partial charge >= 0.3 is 12.1 Å². The van der Waals surface area contributed by atoms with Crippen molar-refractivity contribution in [3.05, 3.63) is 35.5 Å². The van der Waals surface area contributed by atoms with Gasteiger partial charge in [0.15, 0.2) is 11.5 Å². The van der Waals surface area contributed by atoms with E-state index in [1.807, 2.05) is 4.90 Å². The number of hydrogen-bond donors (Lipinski definition) is 1. The Kier molecular flexibility index (Phi) is 4.67. The van der Waals surface area contributed by atoms with Crippen LogP contribution in [0.25, 0.3) is 11.4 Å². The van der Waals surface area contributed by atoms with E-state index < -0.39 is 17.7 Å². The zero-order chi connectivity index (χ0) is 18.0. The van der Waals surface area contributed by atoms with Crippen LogP contribution in [-0.4, -0.2) is 49.4 Å². The highest BCUT2D eigenvalue weighted by molar-refractivity contribution is 5.94. The Hall–Kier alpha value is -2.55. The minimum atomic E-state index is -4.40. The molecule has 1 aliphatic rings. The van der Waals surface area contributed by atoms with Crippen LogP contribution in [0.4, 0.5) is 19.0 Å². The van der Waals surface area contributed by atoms with Crippen molar-refractivity contribution < 1.29 is 27.4 Å². The number of nitrogens with one attached hydrogen (secondary N) is 1. The molecule has 0 saturated carbocycles. The zero-order valence-electron chi connectivity index (χ0n) is 13.4. The molecule has 134 valence electrons. The number of rotatable bonds is 3. The van der Waals surface area contributed by atoms with Gasteiger partial charge in [-0.2, -0.15) is 13.2 Å².